The molecule has 0 atom stereocenters. The molecular weight excluding hydrogens is 238 g/mol. The first-order valence-corrected chi connectivity index (χ1v) is 6.13. The van der Waals surface area contributed by atoms with Crippen LogP contribution in [0.4, 0.5) is 0 Å². The highest BCUT2D eigenvalue weighted by Gasteiger charge is 2.10. The number of hydrogen-bond donors (Lipinski definition) is 0. The Hall–Kier alpha value is -1.22. The van der Waals surface area contributed by atoms with Crippen LogP contribution in [-0.2, 0) is 4.79 Å². The van der Waals surface area contributed by atoms with Crippen LogP contribution in [0.25, 0.3) is 0 Å². The molecule has 0 spiro atoms. The van der Waals surface area contributed by atoms with Crippen LogP contribution in [-0.4, -0.2) is 30.5 Å². The maximum atomic E-state index is 11.7. The topological polar surface area (TPSA) is 29.5 Å². The number of benzene rings is 1. The highest BCUT2D eigenvalue weighted by Crippen LogP contribution is 2.22. The number of ether oxygens (including phenoxy) is 1. The Bertz CT molecular complexity index is 389. The zero-order valence-corrected chi connectivity index (χ0v) is 11.3. The minimum absolute atomic E-state index is 0.00521. The van der Waals surface area contributed by atoms with Crippen molar-refractivity contribution in [2.45, 2.75) is 20.8 Å². The third-order valence-electron chi connectivity index (χ3n) is 2.62. The maximum absolute atomic E-state index is 11.7. The standard InChI is InChI=1S/C13H18ClNO2/c1-4-15(5-2)13(16)9-17-12-8-11(14)7-6-10(12)3/h6-8H,4-5,9H2,1-3H3. The summed E-state index contributed by atoms with van der Waals surface area (Å²) in [6.07, 6.45) is 0. The second-order valence-corrected chi connectivity index (χ2v) is 4.20. The Labute approximate surface area is 107 Å². The Morgan fingerprint density at radius 2 is 2.00 bits per heavy atom. The van der Waals surface area contributed by atoms with Crippen molar-refractivity contribution in [2.24, 2.45) is 0 Å². The molecule has 0 saturated heterocycles. The maximum Gasteiger partial charge on any atom is 0.260 e. The highest BCUT2D eigenvalue weighted by atomic mass is 35.5. The minimum atomic E-state index is -0.00521. The molecular formula is C13H18ClNO2. The van der Waals surface area contributed by atoms with E-state index < -0.39 is 0 Å². The largest absolute Gasteiger partial charge is 0.483 e. The Morgan fingerprint density at radius 1 is 1.35 bits per heavy atom. The lowest BCUT2D eigenvalue weighted by molar-refractivity contribution is -0.132. The van der Waals surface area contributed by atoms with E-state index in [9.17, 15) is 4.79 Å². The van der Waals surface area contributed by atoms with Crippen molar-refractivity contribution in [1.82, 2.24) is 4.90 Å². The summed E-state index contributed by atoms with van der Waals surface area (Å²) >= 11 is 5.87. The molecule has 0 aliphatic carbocycles. The number of halogens is 1. The smallest absolute Gasteiger partial charge is 0.260 e. The van der Waals surface area contributed by atoms with E-state index in [0.717, 1.165) is 5.56 Å². The summed E-state index contributed by atoms with van der Waals surface area (Å²) in [4.78, 5) is 13.5. The van der Waals surface area contributed by atoms with Gasteiger partial charge in [-0.1, -0.05) is 17.7 Å². The first kappa shape index (κ1) is 13.8. The number of aryl methyl sites for hydroxylation is 1. The zero-order chi connectivity index (χ0) is 12.8. The van der Waals surface area contributed by atoms with Gasteiger partial charge in [0.15, 0.2) is 6.61 Å². The summed E-state index contributed by atoms with van der Waals surface area (Å²) in [6.45, 7) is 7.29. The van der Waals surface area contributed by atoms with Crippen molar-refractivity contribution in [2.75, 3.05) is 19.7 Å². The molecule has 0 bridgehead atoms. The molecule has 0 N–H and O–H groups in total. The predicted molar refractivity (Wildman–Crippen MR) is 69.6 cm³/mol. The van der Waals surface area contributed by atoms with E-state index in [1.54, 1.807) is 17.0 Å². The highest BCUT2D eigenvalue weighted by molar-refractivity contribution is 6.30. The summed E-state index contributed by atoms with van der Waals surface area (Å²) < 4.78 is 5.49. The van der Waals surface area contributed by atoms with E-state index in [1.807, 2.05) is 26.8 Å². The monoisotopic (exact) mass is 255 g/mol. The quantitative estimate of drug-likeness (QED) is 0.810. The van der Waals surface area contributed by atoms with Crippen molar-refractivity contribution < 1.29 is 9.53 Å². The van der Waals surface area contributed by atoms with Gasteiger partial charge in [-0.05, 0) is 38.5 Å². The SMILES string of the molecule is CCN(CC)C(=O)COc1cc(Cl)ccc1C. The van der Waals surface area contributed by atoms with Gasteiger partial charge in [0, 0.05) is 18.1 Å². The first-order valence-electron chi connectivity index (χ1n) is 5.75. The zero-order valence-electron chi connectivity index (χ0n) is 10.5. The summed E-state index contributed by atoms with van der Waals surface area (Å²) in [5.41, 5.74) is 0.974. The van der Waals surface area contributed by atoms with Gasteiger partial charge in [0.05, 0.1) is 0 Å². The van der Waals surface area contributed by atoms with E-state index in [0.29, 0.717) is 23.9 Å². The van der Waals surface area contributed by atoms with Gasteiger partial charge in [-0.3, -0.25) is 4.79 Å². The molecule has 0 unspecified atom stereocenters. The van der Waals surface area contributed by atoms with Crippen LogP contribution < -0.4 is 4.74 Å². The molecule has 1 aromatic carbocycles. The van der Waals surface area contributed by atoms with Crippen molar-refractivity contribution in [3.05, 3.63) is 28.8 Å². The van der Waals surface area contributed by atoms with Gasteiger partial charge in [0.2, 0.25) is 0 Å². The number of carbonyl (C=O) groups is 1. The summed E-state index contributed by atoms with van der Waals surface area (Å²) in [6, 6.07) is 5.40. The van der Waals surface area contributed by atoms with Crippen molar-refractivity contribution in [3.63, 3.8) is 0 Å². The molecule has 4 heteroatoms. The summed E-state index contributed by atoms with van der Waals surface area (Å²) in [5.74, 6) is 0.660. The fraction of sp³-hybridized carbons (Fsp3) is 0.462. The lowest BCUT2D eigenvalue weighted by Crippen LogP contribution is -2.34. The minimum Gasteiger partial charge on any atom is -0.483 e. The molecule has 0 heterocycles. The van der Waals surface area contributed by atoms with Crippen LogP contribution in [0.1, 0.15) is 19.4 Å². The van der Waals surface area contributed by atoms with Gasteiger partial charge in [-0.15, -0.1) is 0 Å². The van der Waals surface area contributed by atoms with Crippen LogP contribution in [0.3, 0.4) is 0 Å². The van der Waals surface area contributed by atoms with Crippen LogP contribution in [0.5, 0.6) is 5.75 Å². The summed E-state index contributed by atoms with van der Waals surface area (Å²) in [7, 11) is 0. The van der Waals surface area contributed by atoms with E-state index in [4.69, 9.17) is 16.3 Å². The lowest BCUT2D eigenvalue weighted by atomic mass is 10.2. The number of nitrogens with zero attached hydrogens (tertiary/aromatic N) is 1. The first-order chi connectivity index (χ1) is 8.08. The fourth-order valence-electron chi connectivity index (χ4n) is 1.54. The number of carbonyl (C=O) groups excluding carboxylic acids is 1. The molecule has 0 aliphatic rings. The third-order valence-corrected chi connectivity index (χ3v) is 2.85. The van der Waals surface area contributed by atoms with E-state index in [2.05, 4.69) is 0 Å². The van der Waals surface area contributed by atoms with Crippen LogP contribution in [0.15, 0.2) is 18.2 Å². The Morgan fingerprint density at radius 3 is 2.59 bits per heavy atom. The van der Waals surface area contributed by atoms with Crippen LogP contribution in [0, 0.1) is 6.92 Å². The fourth-order valence-corrected chi connectivity index (χ4v) is 1.70. The third kappa shape index (κ3) is 3.93. The molecule has 1 rings (SSSR count). The van der Waals surface area contributed by atoms with E-state index >= 15 is 0 Å². The van der Waals surface area contributed by atoms with Gasteiger partial charge in [0.25, 0.3) is 5.91 Å². The number of hydrogen-bond acceptors (Lipinski definition) is 2. The lowest BCUT2D eigenvalue weighted by Gasteiger charge is -2.19. The summed E-state index contributed by atoms with van der Waals surface area (Å²) in [5, 5.41) is 0.612. The molecule has 0 aromatic heterocycles. The molecule has 1 amide bonds. The van der Waals surface area contributed by atoms with Gasteiger partial charge in [0.1, 0.15) is 5.75 Å². The van der Waals surface area contributed by atoms with Crippen LogP contribution >= 0.6 is 11.6 Å². The van der Waals surface area contributed by atoms with Crippen molar-refractivity contribution >= 4 is 17.5 Å². The Kier molecular flexibility index (Phi) is 5.29. The number of amides is 1. The number of likely N-dealkylation sites (N-methyl/N-ethyl adjacent to an activating group) is 1. The second-order valence-electron chi connectivity index (χ2n) is 3.76. The Balaban J connectivity index is 2.61. The number of rotatable bonds is 5. The average Bonchev–Trinajstić information content (AvgIpc) is 2.32. The van der Waals surface area contributed by atoms with Gasteiger partial charge in [-0.25, -0.2) is 0 Å². The molecule has 3 nitrogen and oxygen atoms in total. The normalized spacial score (nSPS) is 10.1. The van der Waals surface area contributed by atoms with E-state index in [-0.39, 0.29) is 12.5 Å². The predicted octanol–water partition coefficient (Wildman–Crippen LogP) is 2.90. The molecule has 0 saturated carbocycles. The second kappa shape index (κ2) is 6.50. The van der Waals surface area contributed by atoms with Crippen molar-refractivity contribution in [1.29, 1.82) is 0 Å². The van der Waals surface area contributed by atoms with Gasteiger partial charge < -0.3 is 9.64 Å². The molecule has 1 aromatic rings. The average molecular weight is 256 g/mol. The molecule has 94 valence electrons. The molecule has 0 radical (unpaired) electrons. The van der Waals surface area contributed by atoms with Gasteiger partial charge in [-0.2, -0.15) is 0 Å². The van der Waals surface area contributed by atoms with Gasteiger partial charge >= 0.3 is 0 Å². The molecule has 17 heavy (non-hydrogen) atoms. The van der Waals surface area contributed by atoms with E-state index in [1.165, 1.54) is 0 Å². The van der Waals surface area contributed by atoms with Crippen molar-refractivity contribution in [3.8, 4) is 5.75 Å². The molecule has 0 aliphatic heterocycles. The van der Waals surface area contributed by atoms with Crippen LogP contribution in [0.2, 0.25) is 5.02 Å². The molecule has 0 fully saturated rings.